The molecule has 0 saturated carbocycles. The van der Waals surface area contributed by atoms with Crippen molar-refractivity contribution < 1.29 is 13.2 Å². The highest BCUT2D eigenvalue weighted by Crippen LogP contribution is 2.31. The van der Waals surface area contributed by atoms with Crippen LogP contribution in [0.25, 0.3) is 28.2 Å². The molecule has 0 amide bonds. The quantitative estimate of drug-likeness (QED) is 0.551. The highest BCUT2D eigenvalue weighted by atomic mass is 19.4. The van der Waals surface area contributed by atoms with Gasteiger partial charge in [0.15, 0.2) is 0 Å². The van der Waals surface area contributed by atoms with Crippen LogP contribution >= 0.6 is 0 Å². The van der Waals surface area contributed by atoms with Gasteiger partial charge in [-0.2, -0.15) is 18.4 Å². The van der Waals surface area contributed by atoms with Gasteiger partial charge in [0.1, 0.15) is 5.69 Å². The average Bonchev–Trinajstić information content (AvgIpc) is 3.14. The molecule has 11 heteroatoms. The molecular formula is C13H8F3N7O. The van der Waals surface area contributed by atoms with Crippen molar-refractivity contribution in [1.29, 1.82) is 0 Å². The molecule has 1 aromatic carbocycles. The number of benzene rings is 1. The van der Waals surface area contributed by atoms with Gasteiger partial charge in [-0.05, 0) is 30.3 Å². The van der Waals surface area contributed by atoms with Gasteiger partial charge in [0.2, 0.25) is 11.5 Å². The predicted octanol–water partition coefficient (Wildman–Crippen LogP) is 1.68. The third-order valence-corrected chi connectivity index (χ3v) is 3.68. The molecule has 8 nitrogen and oxygen atoms in total. The van der Waals surface area contributed by atoms with E-state index in [2.05, 4.69) is 30.6 Å². The molecule has 0 saturated heterocycles. The van der Waals surface area contributed by atoms with Gasteiger partial charge in [-0.3, -0.25) is 9.20 Å². The van der Waals surface area contributed by atoms with Crippen LogP contribution in [0, 0.1) is 6.92 Å². The van der Waals surface area contributed by atoms with Crippen molar-refractivity contribution in [2.75, 3.05) is 0 Å². The van der Waals surface area contributed by atoms with E-state index in [0.717, 1.165) is 12.1 Å². The van der Waals surface area contributed by atoms with E-state index < -0.39 is 17.3 Å². The van der Waals surface area contributed by atoms with Crippen LogP contribution in [0.4, 0.5) is 13.2 Å². The molecule has 0 aliphatic rings. The van der Waals surface area contributed by atoms with Crippen LogP contribution in [0.1, 0.15) is 11.3 Å². The summed E-state index contributed by atoms with van der Waals surface area (Å²) in [4.78, 5) is 18.8. The van der Waals surface area contributed by atoms with Crippen LogP contribution in [-0.4, -0.2) is 35.0 Å². The Kier molecular flexibility index (Phi) is 2.77. The van der Waals surface area contributed by atoms with E-state index in [9.17, 15) is 18.0 Å². The van der Waals surface area contributed by atoms with Gasteiger partial charge >= 0.3 is 6.18 Å². The number of hydrogen-bond acceptors (Lipinski definition) is 5. The maximum atomic E-state index is 12.9. The monoisotopic (exact) mass is 335 g/mol. The first-order valence-electron chi connectivity index (χ1n) is 6.72. The van der Waals surface area contributed by atoms with Gasteiger partial charge < -0.3 is 4.98 Å². The number of imidazole rings is 1. The van der Waals surface area contributed by atoms with Crippen LogP contribution < -0.4 is 5.56 Å². The van der Waals surface area contributed by atoms with E-state index in [1.807, 2.05) is 0 Å². The molecular weight excluding hydrogens is 327 g/mol. The lowest BCUT2D eigenvalue weighted by molar-refractivity contribution is -0.137. The minimum Gasteiger partial charge on any atom is -0.317 e. The first kappa shape index (κ1) is 14.4. The lowest BCUT2D eigenvalue weighted by Gasteiger charge is -2.09. The highest BCUT2D eigenvalue weighted by Gasteiger charge is 2.31. The number of nitrogens with one attached hydrogen (secondary N) is 2. The number of hydrogen-bond donors (Lipinski definition) is 2. The molecule has 3 aromatic heterocycles. The molecule has 3 heterocycles. The second-order valence-electron chi connectivity index (χ2n) is 5.12. The van der Waals surface area contributed by atoms with Crippen LogP contribution in [0.3, 0.4) is 0 Å². The fourth-order valence-electron chi connectivity index (χ4n) is 2.61. The van der Waals surface area contributed by atoms with Crippen molar-refractivity contribution in [2.45, 2.75) is 13.1 Å². The Morgan fingerprint density at radius 2 is 2.04 bits per heavy atom. The van der Waals surface area contributed by atoms with Gasteiger partial charge in [-0.25, -0.2) is 4.98 Å². The molecule has 0 aliphatic heterocycles. The summed E-state index contributed by atoms with van der Waals surface area (Å²) in [6.45, 7) is 1.67. The van der Waals surface area contributed by atoms with Gasteiger partial charge in [-0.15, -0.1) is 10.2 Å². The summed E-state index contributed by atoms with van der Waals surface area (Å²) in [7, 11) is 0. The van der Waals surface area contributed by atoms with Gasteiger partial charge in [-0.1, -0.05) is 0 Å². The Balaban J connectivity index is 2.09. The molecule has 0 bridgehead atoms. The number of H-pyrrole nitrogens is 2. The molecule has 2 N–H and O–H groups in total. The zero-order valence-electron chi connectivity index (χ0n) is 12.0. The number of halogens is 3. The fraction of sp³-hybridized carbons (Fsp3) is 0.154. The number of nitrogens with zero attached hydrogens (tertiary/aromatic N) is 5. The number of tetrazole rings is 1. The van der Waals surface area contributed by atoms with Crippen LogP contribution in [0.15, 0.2) is 23.0 Å². The van der Waals surface area contributed by atoms with Crippen LogP contribution in [-0.2, 0) is 6.18 Å². The number of aromatic amines is 2. The second-order valence-corrected chi connectivity index (χ2v) is 5.12. The number of aromatic nitrogens is 7. The Morgan fingerprint density at radius 3 is 2.71 bits per heavy atom. The van der Waals surface area contributed by atoms with E-state index in [4.69, 9.17) is 0 Å². The van der Waals surface area contributed by atoms with Crippen molar-refractivity contribution in [1.82, 2.24) is 35.0 Å². The maximum absolute atomic E-state index is 12.9. The number of alkyl halides is 3. The van der Waals surface area contributed by atoms with Crippen LogP contribution in [0.5, 0.6) is 0 Å². The summed E-state index contributed by atoms with van der Waals surface area (Å²) < 4.78 is 40.1. The SMILES string of the molecule is Cc1c(-c2nn[nH]n2)nc2c(=O)[nH]c3cc(C(F)(F)F)ccc3n12. The molecule has 0 unspecified atom stereocenters. The minimum absolute atomic E-state index is 0.0413. The Hall–Kier alpha value is -3.24. The summed E-state index contributed by atoms with van der Waals surface area (Å²) in [5.41, 5.74) is -0.135. The first-order chi connectivity index (χ1) is 11.4. The summed E-state index contributed by atoms with van der Waals surface area (Å²) in [5, 5.41) is 13.4. The largest absolute Gasteiger partial charge is 0.416 e. The van der Waals surface area contributed by atoms with Crippen molar-refractivity contribution in [3.05, 3.63) is 39.8 Å². The van der Waals surface area contributed by atoms with Crippen molar-refractivity contribution >= 4 is 16.7 Å². The molecule has 0 radical (unpaired) electrons. The molecule has 0 spiro atoms. The summed E-state index contributed by atoms with van der Waals surface area (Å²) >= 11 is 0. The Bertz CT molecular complexity index is 1120. The van der Waals surface area contributed by atoms with Gasteiger partial charge in [0.05, 0.1) is 22.3 Å². The second kappa shape index (κ2) is 4.63. The average molecular weight is 335 g/mol. The smallest absolute Gasteiger partial charge is 0.317 e. The van der Waals surface area contributed by atoms with E-state index in [1.165, 1.54) is 10.5 Å². The summed E-state index contributed by atoms with van der Waals surface area (Å²) in [5.74, 6) is 0.190. The third-order valence-electron chi connectivity index (χ3n) is 3.68. The molecule has 0 aliphatic carbocycles. The molecule has 4 rings (SSSR count). The van der Waals surface area contributed by atoms with E-state index >= 15 is 0 Å². The summed E-state index contributed by atoms with van der Waals surface area (Å²) in [6.07, 6.45) is -4.50. The Morgan fingerprint density at radius 1 is 1.25 bits per heavy atom. The van der Waals surface area contributed by atoms with Crippen molar-refractivity contribution in [3.63, 3.8) is 0 Å². The standard InChI is InChI=1S/C13H8F3N7O/c1-5-9(10-19-21-22-20-10)18-11-12(24)17-7-4-6(13(14,15)16)2-3-8(7)23(5)11/h2-4H,1H3,(H,17,24)(H,19,20,21,22). The fourth-order valence-corrected chi connectivity index (χ4v) is 2.61. The van der Waals surface area contributed by atoms with Crippen molar-refractivity contribution in [2.24, 2.45) is 0 Å². The van der Waals surface area contributed by atoms with E-state index in [1.54, 1.807) is 6.92 Å². The number of fused-ring (bicyclic) bond motifs is 3. The highest BCUT2D eigenvalue weighted by molar-refractivity contribution is 5.80. The maximum Gasteiger partial charge on any atom is 0.416 e. The molecule has 0 atom stereocenters. The predicted molar refractivity (Wildman–Crippen MR) is 76.2 cm³/mol. The number of aryl methyl sites for hydroxylation is 1. The molecule has 122 valence electrons. The molecule has 24 heavy (non-hydrogen) atoms. The normalized spacial score (nSPS) is 12.3. The topological polar surface area (TPSA) is 105 Å². The summed E-state index contributed by atoms with van der Waals surface area (Å²) in [6, 6.07) is 3.13. The van der Waals surface area contributed by atoms with Gasteiger partial charge in [0, 0.05) is 0 Å². The first-order valence-corrected chi connectivity index (χ1v) is 6.72. The van der Waals surface area contributed by atoms with E-state index in [-0.39, 0.29) is 17.0 Å². The minimum atomic E-state index is -4.50. The zero-order chi connectivity index (χ0) is 17.1. The van der Waals surface area contributed by atoms with Gasteiger partial charge in [0.25, 0.3) is 5.56 Å². The van der Waals surface area contributed by atoms with Crippen molar-refractivity contribution in [3.8, 4) is 11.5 Å². The molecule has 0 fully saturated rings. The zero-order valence-corrected chi connectivity index (χ0v) is 12.0. The Labute approximate surface area is 130 Å². The van der Waals surface area contributed by atoms with Crippen LogP contribution in [0.2, 0.25) is 0 Å². The lowest BCUT2D eigenvalue weighted by Crippen LogP contribution is -2.12. The third kappa shape index (κ3) is 1.97. The van der Waals surface area contributed by atoms with E-state index in [0.29, 0.717) is 16.9 Å². The lowest BCUT2D eigenvalue weighted by atomic mass is 10.2. The number of rotatable bonds is 1. The molecule has 4 aromatic rings.